The van der Waals surface area contributed by atoms with Crippen LogP contribution >= 0.6 is 0 Å². The number of hydrogen-bond acceptors (Lipinski definition) is 4. The Morgan fingerprint density at radius 3 is 2.80 bits per heavy atom. The summed E-state index contributed by atoms with van der Waals surface area (Å²) in [6, 6.07) is 4.56. The van der Waals surface area contributed by atoms with Crippen LogP contribution in [0.1, 0.15) is 6.42 Å². The fourth-order valence-electron chi connectivity index (χ4n) is 1.98. The second kappa shape index (κ2) is 4.06. The van der Waals surface area contributed by atoms with E-state index in [9.17, 15) is 0 Å². The number of nitrogens with zero attached hydrogens (tertiary/aromatic N) is 3. The molecule has 82 valence electrons. The zero-order chi connectivity index (χ0) is 10.8. The summed E-state index contributed by atoms with van der Waals surface area (Å²) in [5.41, 5.74) is 6.74. The van der Waals surface area contributed by atoms with E-state index in [1.54, 1.807) is 0 Å². The van der Waals surface area contributed by atoms with Crippen LogP contribution < -0.4 is 10.6 Å². The molecule has 1 aromatic rings. The Balaban J connectivity index is 2.04. The van der Waals surface area contributed by atoms with Crippen LogP contribution in [0.5, 0.6) is 0 Å². The zero-order valence-corrected chi connectivity index (χ0v) is 9.35. The normalized spacial score (nSPS) is 21.3. The maximum Gasteiger partial charge on any atom is 0.123 e. The van der Waals surface area contributed by atoms with Gasteiger partial charge in [-0.3, -0.25) is 0 Å². The summed E-state index contributed by atoms with van der Waals surface area (Å²) in [7, 11) is 4.27. The first-order chi connectivity index (χ1) is 7.16. The molecule has 2 heterocycles. The lowest BCUT2D eigenvalue weighted by molar-refractivity contribution is 0.315. The zero-order valence-electron chi connectivity index (χ0n) is 9.35. The number of hydrogen-bond donors (Lipinski definition) is 1. The lowest BCUT2D eigenvalue weighted by Crippen LogP contribution is -2.31. The van der Waals surface area contributed by atoms with Gasteiger partial charge in [-0.2, -0.15) is 0 Å². The van der Waals surface area contributed by atoms with Gasteiger partial charge < -0.3 is 15.5 Å². The summed E-state index contributed by atoms with van der Waals surface area (Å²) in [5.74, 6) is 0.585. The van der Waals surface area contributed by atoms with Crippen molar-refractivity contribution in [2.75, 3.05) is 37.8 Å². The lowest BCUT2D eigenvalue weighted by Gasteiger charge is -2.21. The Bertz CT molecular complexity index is 320. The molecule has 0 aliphatic carbocycles. The highest BCUT2D eigenvalue weighted by atomic mass is 15.2. The Labute approximate surface area is 90.7 Å². The van der Waals surface area contributed by atoms with Gasteiger partial charge in [-0.25, -0.2) is 4.98 Å². The standard InChI is InChI=1S/C11H18N4/c1-14(2)10-5-6-15(8-10)9-3-4-11(12)13-7-9/h3-4,7,10H,5-6,8H2,1-2H3,(H2,12,13)/t10-/m0/s1. The summed E-state index contributed by atoms with van der Waals surface area (Å²) in [5, 5.41) is 0. The van der Waals surface area contributed by atoms with Crippen LogP contribution in [-0.4, -0.2) is 43.1 Å². The van der Waals surface area contributed by atoms with Crippen molar-refractivity contribution in [1.29, 1.82) is 0 Å². The summed E-state index contributed by atoms with van der Waals surface area (Å²) in [6.45, 7) is 2.19. The fraction of sp³-hybridized carbons (Fsp3) is 0.545. The van der Waals surface area contributed by atoms with Crippen LogP contribution in [0.3, 0.4) is 0 Å². The van der Waals surface area contributed by atoms with Crippen molar-refractivity contribution in [3.63, 3.8) is 0 Å². The minimum atomic E-state index is 0.585. The fourth-order valence-corrected chi connectivity index (χ4v) is 1.98. The predicted molar refractivity (Wildman–Crippen MR) is 63.0 cm³/mol. The molecule has 0 aromatic carbocycles. The first-order valence-electron chi connectivity index (χ1n) is 5.30. The van der Waals surface area contributed by atoms with Gasteiger partial charge in [0.15, 0.2) is 0 Å². The van der Waals surface area contributed by atoms with Crippen molar-refractivity contribution in [2.45, 2.75) is 12.5 Å². The maximum absolute atomic E-state index is 5.56. The summed E-state index contributed by atoms with van der Waals surface area (Å²) < 4.78 is 0. The van der Waals surface area contributed by atoms with Gasteiger partial charge in [0.1, 0.15) is 5.82 Å². The molecule has 0 radical (unpaired) electrons. The van der Waals surface area contributed by atoms with Crippen molar-refractivity contribution >= 4 is 11.5 Å². The largest absolute Gasteiger partial charge is 0.384 e. The molecular formula is C11H18N4. The number of pyridine rings is 1. The molecule has 1 saturated heterocycles. The molecule has 15 heavy (non-hydrogen) atoms. The van der Waals surface area contributed by atoms with E-state index in [1.807, 2.05) is 18.3 Å². The van der Waals surface area contributed by atoms with Gasteiger partial charge in [0.2, 0.25) is 0 Å². The van der Waals surface area contributed by atoms with Crippen molar-refractivity contribution < 1.29 is 0 Å². The van der Waals surface area contributed by atoms with E-state index in [-0.39, 0.29) is 0 Å². The highest BCUT2D eigenvalue weighted by Gasteiger charge is 2.23. The van der Waals surface area contributed by atoms with Crippen molar-refractivity contribution in [3.8, 4) is 0 Å². The predicted octanol–water partition coefficient (Wildman–Crippen LogP) is 0.804. The molecule has 1 aliphatic rings. The SMILES string of the molecule is CN(C)[C@H]1CCN(c2ccc(N)nc2)C1. The highest BCUT2D eigenvalue weighted by Crippen LogP contribution is 2.21. The summed E-state index contributed by atoms with van der Waals surface area (Å²) in [6.07, 6.45) is 3.07. The first kappa shape index (κ1) is 10.2. The quantitative estimate of drug-likeness (QED) is 0.777. The summed E-state index contributed by atoms with van der Waals surface area (Å²) >= 11 is 0. The third-order valence-electron chi connectivity index (χ3n) is 3.03. The molecule has 0 amide bonds. The number of nitrogen functional groups attached to an aromatic ring is 1. The average molecular weight is 206 g/mol. The Hall–Kier alpha value is -1.29. The second-order valence-corrected chi connectivity index (χ2v) is 4.29. The van der Waals surface area contributed by atoms with Crippen molar-refractivity contribution in [2.24, 2.45) is 0 Å². The molecule has 1 fully saturated rings. The third kappa shape index (κ3) is 2.21. The van der Waals surface area contributed by atoms with Gasteiger partial charge in [0.25, 0.3) is 0 Å². The molecule has 0 spiro atoms. The number of aromatic nitrogens is 1. The van der Waals surface area contributed by atoms with Crippen LogP contribution in [0, 0.1) is 0 Å². The third-order valence-corrected chi connectivity index (χ3v) is 3.03. The van der Waals surface area contributed by atoms with Gasteiger partial charge in [0.05, 0.1) is 11.9 Å². The van der Waals surface area contributed by atoms with Gasteiger partial charge in [-0.15, -0.1) is 0 Å². The van der Waals surface area contributed by atoms with Crippen LogP contribution in [0.25, 0.3) is 0 Å². The minimum Gasteiger partial charge on any atom is -0.384 e. The van der Waals surface area contributed by atoms with Gasteiger partial charge >= 0.3 is 0 Å². The van der Waals surface area contributed by atoms with Crippen LogP contribution in [-0.2, 0) is 0 Å². The number of likely N-dealkylation sites (N-methyl/N-ethyl adjacent to an activating group) is 1. The van der Waals surface area contributed by atoms with Crippen LogP contribution in [0.15, 0.2) is 18.3 Å². The Morgan fingerprint density at radius 2 is 2.27 bits per heavy atom. The van der Waals surface area contributed by atoms with Gasteiger partial charge in [-0.05, 0) is 32.6 Å². The topological polar surface area (TPSA) is 45.4 Å². The van der Waals surface area contributed by atoms with Crippen LogP contribution in [0.4, 0.5) is 11.5 Å². The molecule has 1 aliphatic heterocycles. The molecule has 2 rings (SSSR count). The smallest absolute Gasteiger partial charge is 0.123 e. The lowest BCUT2D eigenvalue weighted by atomic mass is 10.2. The maximum atomic E-state index is 5.56. The molecule has 4 nitrogen and oxygen atoms in total. The Kier molecular flexibility index (Phi) is 2.77. The van der Waals surface area contributed by atoms with Gasteiger partial charge in [0, 0.05) is 19.1 Å². The van der Waals surface area contributed by atoms with Crippen molar-refractivity contribution in [1.82, 2.24) is 9.88 Å². The summed E-state index contributed by atoms with van der Waals surface area (Å²) in [4.78, 5) is 8.76. The molecule has 0 saturated carbocycles. The van der Waals surface area contributed by atoms with Crippen molar-refractivity contribution in [3.05, 3.63) is 18.3 Å². The molecule has 2 N–H and O–H groups in total. The molecular weight excluding hydrogens is 188 g/mol. The molecule has 1 aromatic heterocycles. The van der Waals surface area contributed by atoms with E-state index in [0.717, 1.165) is 13.1 Å². The second-order valence-electron chi connectivity index (χ2n) is 4.29. The molecule has 0 unspecified atom stereocenters. The highest BCUT2D eigenvalue weighted by molar-refractivity contribution is 5.49. The Morgan fingerprint density at radius 1 is 1.47 bits per heavy atom. The average Bonchev–Trinajstić information content (AvgIpc) is 2.68. The van der Waals surface area contributed by atoms with E-state index in [1.165, 1.54) is 12.1 Å². The number of anilines is 2. The van der Waals surface area contributed by atoms with E-state index < -0.39 is 0 Å². The van der Waals surface area contributed by atoms with E-state index in [0.29, 0.717) is 11.9 Å². The van der Waals surface area contributed by atoms with E-state index >= 15 is 0 Å². The number of rotatable bonds is 2. The van der Waals surface area contributed by atoms with E-state index in [4.69, 9.17) is 5.73 Å². The minimum absolute atomic E-state index is 0.585. The molecule has 0 bridgehead atoms. The van der Waals surface area contributed by atoms with Crippen LogP contribution in [0.2, 0.25) is 0 Å². The van der Waals surface area contributed by atoms with Gasteiger partial charge in [-0.1, -0.05) is 0 Å². The first-order valence-corrected chi connectivity index (χ1v) is 5.30. The molecule has 4 heteroatoms. The van der Waals surface area contributed by atoms with E-state index in [2.05, 4.69) is 28.9 Å². The number of nitrogens with two attached hydrogens (primary N) is 1. The molecule has 1 atom stereocenters. The monoisotopic (exact) mass is 206 g/mol.